The molecule has 25 heavy (non-hydrogen) atoms. The molecule has 0 saturated carbocycles. The number of nitro benzene ring substituents is 1. The fraction of sp³-hybridized carbons (Fsp3) is 0.312. The maximum absolute atomic E-state index is 12.2. The third-order valence-corrected chi connectivity index (χ3v) is 3.47. The first-order valence-corrected chi connectivity index (χ1v) is 7.42. The van der Waals surface area contributed by atoms with Crippen molar-refractivity contribution in [3.63, 3.8) is 0 Å². The van der Waals surface area contributed by atoms with Crippen molar-refractivity contribution in [3.8, 4) is 11.3 Å². The predicted octanol–water partition coefficient (Wildman–Crippen LogP) is 2.18. The van der Waals surface area contributed by atoms with E-state index in [0.717, 1.165) is 0 Å². The van der Waals surface area contributed by atoms with Crippen molar-refractivity contribution < 1.29 is 23.7 Å². The molecule has 2 aromatic rings. The minimum Gasteiger partial charge on any atom is -0.467 e. The number of aromatic nitrogens is 1. The van der Waals surface area contributed by atoms with Gasteiger partial charge in [0.15, 0.2) is 5.76 Å². The van der Waals surface area contributed by atoms with E-state index in [2.05, 4.69) is 15.0 Å². The first-order chi connectivity index (χ1) is 11.8. The Morgan fingerprint density at radius 1 is 1.28 bits per heavy atom. The van der Waals surface area contributed by atoms with E-state index in [1.807, 2.05) is 0 Å². The van der Waals surface area contributed by atoms with Gasteiger partial charge in [0.2, 0.25) is 0 Å². The molecule has 0 saturated heterocycles. The SMILES string of the molecule is COC(=O)C(NC(=O)c1ncc(-c2ccc([N+](=O)[O-])cc2)o1)C(C)C. The van der Waals surface area contributed by atoms with Crippen LogP contribution in [-0.4, -0.2) is 34.9 Å². The highest BCUT2D eigenvalue weighted by molar-refractivity contribution is 5.93. The molecule has 1 unspecified atom stereocenters. The summed E-state index contributed by atoms with van der Waals surface area (Å²) >= 11 is 0. The van der Waals surface area contributed by atoms with Gasteiger partial charge in [0.1, 0.15) is 6.04 Å². The number of benzene rings is 1. The number of carbonyl (C=O) groups is 2. The molecule has 1 atom stereocenters. The van der Waals surface area contributed by atoms with E-state index in [1.54, 1.807) is 13.8 Å². The van der Waals surface area contributed by atoms with Crippen LogP contribution >= 0.6 is 0 Å². The molecule has 0 spiro atoms. The normalized spacial score (nSPS) is 11.8. The molecule has 0 fully saturated rings. The maximum atomic E-state index is 12.2. The number of hydrogen-bond acceptors (Lipinski definition) is 7. The van der Waals surface area contributed by atoms with Crippen molar-refractivity contribution in [2.24, 2.45) is 5.92 Å². The third kappa shape index (κ3) is 4.19. The highest BCUT2D eigenvalue weighted by Crippen LogP contribution is 2.23. The average molecular weight is 347 g/mol. The van der Waals surface area contributed by atoms with E-state index in [9.17, 15) is 19.7 Å². The highest BCUT2D eigenvalue weighted by Gasteiger charge is 2.27. The van der Waals surface area contributed by atoms with Gasteiger partial charge in [-0.05, 0) is 18.1 Å². The maximum Gasteiger partial charge on any atom is 0.328 e. The lowest BCUT2D eigenvalue weighted by atomic mass is 10.0. The molecule has 1 heterocycles. The second-order valence-electron chi connectivity index (χ2n) is 5.55. The molecule has 9 heteroatoms. The summed E-state index contributed by atoms with van der Waals surface area (Å²) in [5.74, 6) is -1.34. The van der Waals surface area contributed by atoms with Crippen LogP contribution in [0.3, 0.4) is 0 Å². The second-order valence-corrected chi connectivity index (χ2v) is 5.55. The third-order valence-electron chi connectivity index (χ3n) is 3.47. The molecular weight excluding hydrogens is 330 g/mol. The quantitative estimate of drug-likeness (QED) is 0.482. The molecule has 1 aromatic heterocycles. The Bertz CT molecular complexity index is 781. The van der Waals surface area contributed by atoms with Gasteiger partial charge < -0.3 is 14.5 Å². The van der Waals surface area contributed by atoms with Crippen molar-refractivity contribution >= 4 is 17.6 Å². The minimum atomic E-state index is -0.827. The zero-order chi connectivity index (χ0) is 18.6. The summed E-state index contributed by atoms with van der Waals surface area (Å²) in [6, 6.07) is 4.80. The standard InChI is InChI=1S/C16H17N3O6/c1-9(2)13(16(21)24-3)18-14(20)15-17-8-12(25-15)10-4-6-11(7-5-10)19(22)23/h4-9,13H,1-3H3,(H,18,20). The number of methoxy groups -OCH3 is 1. The van der Waals surface area contributed by atoms with Crippen LogP contribution in [0.15, 0.2) is 34.9 Å². The summed E-state index contributed by atoms with van der Waals surface area (Å²) in [4.78, 5) is 37.9. The van der Waals surface area contributed by atoms with Crippen LogP contribution in [0.2, 0.25) is 0 Å². The van der Waals surface area contributed by atoms with Crippen LogP contribution in [0.5, 0.6) is 0 Å². The number of hydrogen-bond donors (Lipinski definition) is 1. The predicted molar refractivity (Wildman–Crippen MR) is 86.7 cm³/mol. The summed E-state index contributed by atoms with van der Waals surface area (Å²) in [5.41, 5.74) is 0.476. The van der Waals surface area contributed by atoms with Gasteiger partial charge in [0.05, 0.1) is 18.2 Å². The van der Waals surface area contributed by atoms with Crippen molar-refractivity contribution in [1.29, 1.82) is 0 Å². The Labute approximate surface area is 143 Å². The number of non-ortho nitro benzene ring substituents is 1. The van der Waals surface area contributed by atoms with Gasteiger partial charge in [-0.25, -0.2) is 9.78 Å². The molecule has 1 N–H and O–H groups in total. The van der Waals surface area contributed by atoms with Gasteiger partial charge in [-0.2, -0.15) is 0 Å². The van der Waals surface area contributed by atoms with Crippen LogP contribution in [-0.2, 0) is 9.53 Å². The number of nitro groups is 1. The van der Waals surface area contributed by atoms with E-state index in [4.69, 9.17) is 4.42 Å². The first kappa shape index (κ1) is 18.1. The van der Waals surface area contributed by atoms with Gasteiger partial charge in [-0.1, -0.05) is 13.8 Å². The number of ether oxygens (including phenoxy) is 1. The molecule has 0 aliphatic rings. The van der Waals surface area contributed by atoms with Crippen LogP contribution in [0, 0.1) is 16.0 Å². The molecule has 1 aromatic carbocycles. The Morgan fingerprint density at radius 3 is 2.44 bits per heavy atom. The second kappa shape index (κ2) is 7.56. The molecular formula is C16H17N3O6. The zero-order valence-electron chi connectivity index (χ0n) is 13.9. The number of amides is 1. The Kier molecular flexibility index (Phi) is 5.48. The van der Waals surface area contributed by atoms with E-state index in [-0.39, 0.29) is 23.3 Å². The molecule has 0 aliphatic heterocycles. The monoisotopic (exact) mass is 347 g/mol. The molecule has 0 bridgehead atoms. The van der Waals surface area contributed by atoms with Crippen LogP contribution in [0.25, 0.3) is 11.3 Å². The van der Waals surface area contributed by atoms with Crippen LogP contribution < -0.4 is 5.32 Å². The molecule has 2 rings (SSSR count). The number of nitrogens with one attached hydrogen (secondary N) is 1. The van der Waals surface area contributed by atoms with Gasteiger partial charge in [0.25, 0.3) is 11.6 Å². The smallest absolute Gasteiger partial charge is 0.328 e. The van der Waals surface area contributed by atoms with Gasteiger partial charge >= 0.3 is 11.9 Å². The van der Waals surface area contributed by atoms with Gasteiger partial charge in [-0.3, -0.25) is 14.9 Å². The van der Waals surface area contributed by atoms with E-state index in [1.165, 1.54) is 37.6 Å². The largest absolute Gasteiger partial charge is 0.467 e. The van der Waals surface area contributed by atoms with Crippen molar-refractivity contribution in [2.75, 3.05) is 7.11 Å². The summed E-state index contributed by atoms with van der Waals surface area (Å²) in [6.07, 6.45) is 1.33. The van der Waals surface area contributed by atoms with E-state index < -0.39 is 22.8 Å². The fourth-order valence-electron chi connectivity index (χ4n) is 2.09. The highest BCUT2D eigenvalue weighted by atomic mass is 16.6. The lowest BCUT2D eigenvalue weighted by molar-refractivity contribution is -0.384. The van der Waals surface area contributed by atoms with Gasteiger partial charge in [0, 0.05) is 17.7 Å². The van der Waals surface area contributed by atoms with Crippen LogP contribution in [0.1, 0.15) is 24.5 Å². The van der Waals surface area contributed by atoms with Crippen LogP contribution in [0.4, 0.5) is 5.69 Å². The van der Waals surface area contributed by atoms with Crippen molar-refractivity contribution in [1.82, 2.24) is 10.3 Å². The van der Waals surface area contributed by atoms with Gasteiger partial charge in [-0.15, -0.1) is 0 Å². The van der Waals surface area contributed by atoms with E-state index >= 15 is 0 Å². The number of rotatable bonds is 6. The topological polar surface area (TPSA) is 125 Å². The summed E-state index contributed by atoms with van der Waals surface area (Å²) < 4.78 is 10.0. The lowest BCUT2D eigenvalue weighted by Gasteiger charge is -2.18. The Balaban J connectivity index is 2.15. The Hall–Kier alpha value is -3.23. The molecule has 0 aliphatic carbocycles. The summed E-state index contributed by atoms with van der Waals surface area (Å²) in [5, 5.41) is 13.2. The molecule has 0 radical (unpaired) electrons. The number of carbonyl (C=O) groups excluding carboxylic acids is 2. The first-order valence-electron chi connectivity index (χ1n) is 7.42. The van der Waals surface area contributed by atoms with Crippen molar-refractivity contribution in [2.45, 2.75) is 19.9 Å². The molecule has 132 valence electrons. The number of nitrogens with zero attached hydrogens (tertiary/aromatic N) is 2. The van der Waals surface area contributed by atoms with E-state index in [0.29, 0.717) is 5.56 Å². The number of oxazole rings is 1. The minimum absolute atomic E-state index is 0.0564. The Morgan fingerprint density at radius 2 is 1.92 bits per heavy atom. The average Bonchev–Trinajstić information content (AvgIpc) is 3.08. The summed E-state index contributed by atoms with van der Waals surface area (Å²) in [7, 11) is 1.24. The molecule has 1 amide bonds. The summed E-state index contributed by atoms with van der Waals surface area (Å²) in [6.45, 7) is 3.53. The molecule has 9 nitrogen and oxygen atoms in total. The zero-order valence-corrected chi connectivity index (χ0v) is 13.9. The number of esters is 1. The van der Waals surface area contributed by atoms with Crippen molar-refractivity contribution in [3.05, 3.63) is 46.5 Å². The lowest BCUT2D eigenvalue weighted by Crippen LogP contribution is -2.45. The fourth-order valence-corrected chi connectivity index (χ4v) is 2.09.